The van der Waals surface area contributed by atoms with Crippen LogP contribution in [0, 0.1) is 11.8 Å². The van der Waals surface area contributed by atoms with E-state index in [0.717, 1.165) is 32.1 Å². The van der Waals surface area contributed by atoms with Crippen LogP contribution in [0.3, 0.4) is 0 Å². The fourth-order valence-corrected chi connectivity index (χ4v) is 5.97. The summed E-state index contributed by atoms with van der Waals surface area (Å²) in [5.41, 5.74) is -0.950. The fourth-order valence-electron chi connectivity index (χ4n) is 4.34. The van der Waals surface area contributed by atoms with Crippen LogP contribution in [0.5, 0.6) is 0 Å². The molecular weight excluding hydrogens is 248 g/mol. The molecule has 2 aliphatic carbocycles. The van der Waals surface area contributed by atoms with E-state index >= 15 is 0 Å². The Hall–Kier alpha value is -0.0900. The standard InChI is InChI=1S/C14H26O3S/c1-3-11-7-4-5-8-12(11)14(15)10-6-9-13(14)18(2,16)17/h11-13,15H,3-10H2,1-2H3. The normalized spacial score (nSPS) is 42.1. The van der Waals surface area contributed by atoms with E-state index in [0.29, 0.717) is 18.8 Å². The van der Waals surface area contributed by atoms with Crippen molar-refractivity contribution >= 4 is 9.84 Å². The molecule has 2 aliphatic rings. The smallest absolute Gasteiger partial charge is 0.153 e. The summed E-state index contributed by atoms with van der Waals surface area (Å²) in [6.45, 7) is 2.16. The van der Waals surface area contributed by atoms with Gasteiger partial charge in [-0.2, -0.15) is 0 Å². The van der Waals surface area contributed by atoms with Crippen molar-refractivity contribution in [3.8, 4) is 0 Å². The Bertz CT molecular complexity index is 390. The maximum absolute atomic E-state index is 11.9. The molecule has 18 heavy (non-hydrogen) atoms. The first-order valence-electron chi connectivity index (χ1n) is 7.31. The highest BCUT2D eigenvalue weighted by molar-refractivity contribution is 7.91. The average molecular weight is 274 g/mol. The maximum atomic E-state index is 11.9. The van der Waals surface area contributed by atoms with Gasteiger partial charge in [0.1, 0.15) is 0 Å². The molecule has 1 N–H and O–H groups in total. The maximum Gasteiger partial charge on any atom is 0.153 e. The Balaban J connectivity index is 2.28. The molecule has 3 nitrogen and oxygen atoms in total. The topological polar surface area (TPSA) is 54.4 Å². The lowest BCUT2D eigenvalue weighted by atomic mass is 9.68. The lowest BCUT2D eigenvalue weighted by Crippen LogP contribution is -2.51. The Morgan fingerprint density at radius 2 is 1.83 bits per heavy atom. The number of hydrogen-bond donors (Lipinski definition) is 1. The number of aliphatic hydroxyl groups is 1. The van der Waals surface area contributed by atoms with E-state index in [4.69, 9.17) is 0 Å². The second-order valence-electron chi connectivity index (χ2n) is 6.26. The Morgan fingerprint density at radius 1 is 1.17 bits per heavy atom. The molecule has 0 amide bonds. The molecule has 0 aromatic heterocycles. The molecule has 2 saturated carbocycles. The van der Waals surface area contributed by atoms with Crippen molar-refractivity contribution < 1.29 is 13.5 Å². The highest BCUT2D eigenvalue weighted by Crippen LogP contribution is 2.48. The summed E-state index contributed by atoms with van der Waals surface area (Å²) in [4.78, 5) is 0. The predicted molar refractivity (Wildman–Crippen MR) is 73.2 cm³/mol. The van der Waals surface area contributed by atoms with Crippen molar-refractivity contribution in [2.45, 2.75) is 69.1 Å². The third-order valence-electron chi connectivity index (χ3n) is 5.19. The van der Waals surface area contributed by atoms with Gasteiger partial charge in [0, 0.05) is 6.26 Å². The second kappa shape index (κ2) is 5.12. The monoisotopic (exact) mass is 274 g/mol. The summed E-state index contributed by atoms with van der Waals surface area (Å²) in [7, 11) is -3.14. The Morgan fingerprint density at radius 3 is 2.44 bits per heavy atom. The first-order valence-corrected chi connectivity index (χ1v) is 9.26. The molecule has 4 unspecified atom stereocenters. The zero-order valence-electron chi connectivity index (χ0n) is 11.6. The molecule has 0 spiro atoms. The summed E-state index contributed by atoms with van der Waals surface area (Å²) in [5.74, 6) is 0.699. The van der Waals surface area contributed by atoms with E-state index in [1.165, 1.54) is 12.7 Å². The summed E-state index contributed by atoms with van der Waals surface area (Å²) < 4.78 is 23.9. The molecule has 106 valence electrons. The van der Waals surface area contributed by atoms with E-state index in [1.807, 2.05) is 0 Å². The van der Waals surface area contributed by atoms with Crippen molar-refractivity contribution in [2.75, 3.05) is 6.26 Å². The van der Waals surface area contributed by atoms with Crippen molar-refractivity contribution in [2.24, 2.45) is 11.8 Å². The molecule has 0 saturated heterocycles. The van der Waals surface area contributed by atoms with Gasteiger partial charge >= 0.3 is 0 Å². The highest BCUT2D eigenvalue weighted by Gasteiger charge is 2.53. The van der Waals surface area contributed by atoms with Crippen LogP contribution in [-0.4, -0.2) is 30.6 Å². The average Bonchev–Trinajstić information content (AvgIpc) is 2.72. The van der Waals surface area contributed by atoms with Gasteiger partial charge in [-0.15, -0.1) is 0 Å². The van der Waals surface area contributed by atoms with Crippen LogP contribution >= 0.6 is 0 Å². The second-order valence-corrected chi connectivity index (χ2v) is 8.49. The largest absolute Gasteiger partial charge is 0.388 e. The quantitative estimate of drug-likeness (QED) is 0.860. The summed E-state index contributed by atoms with van der Waals surface area (Å²) in [5, 5.41) is 10.5. The molecule has 4 atom stereocenters. The Kier molecular flexibility index (Phi) is 4.07. The Labute approximate surface area is 111 Å². The van der Waals surface area contributed by atoms with E-state index in [1.54, 1.807) is 0 Å². The van der Waals surface area contributed by atoms with Crippen LogP contribution in [0.2, 0.25) is 0 Å². The molecular formula is C14H26O3S. The summed E-state index contributed by atoms with van der Waals surface area (Å²) in [6.07, 6.45) is 9.03. The zero-order valence-corrected chi connectivity index (χ0v) is 12.4. The fraction of sp³-hybridized carbons (Fsp3) is 1.00. The first-order chi connectivity index (χ1) is 8.39. The van der Waals surface area contributed by atoms with E-state index in [-0.39, 0.29) is 5.92 Å². The lowest BCUT2D eigenvalue weighted by Gasteiger charge is -2.43. The van der Waals surface area contributed by atoms with Crippen molar-refractivity contribution in [3.05, 3.63) is 0 Å². The molecule has 4 heteroatoms. The number of rotatable bonds is 3. The van der Waals surface area contributed by atoms with Crippen LogP contribution in [0.15, 0.2) is 0 Å². The molecule has 0 heterocycles. The van der Waals surface area contributed by atoms with Crippen LogP contribution in [-0.2, 0) is 9.84 Å². The molecule has 0 aromatic rings. The van der Waals surface area contributed by atoms with Crippen molar-refractivity contribution in [1.82, 2.24) is 0 Å². The molecule has 2 fully saturated rings. The minimum Gasteiger partial charge on any atom is -0.388 e. The predicted octanol–water partition coefficient (Wildman–Crippen LogP) is 2.53. The van der Waals surface area contributed by atoms with Gasteiger partial charge < -0.3 is 5.11 Å². The van der Waals surface area contributed by atoms with Crippen molar-refractivity contribution in [3.63, 3.8) is 0 Å². The van der Waals surface area contributed by atoms with Gasteiger partial charge in [0.25, 0.3) is 0 Å². The van der Waals surface area contributed by atoms with Gasteiger partial charge in [-0.3, -0.25) is 0 Å². The van der Waals surface area contributed by atoms with E-state index in [2.05, 4.69) is 6.92 Å². The third kappa shape index (κ3) is 2.46. The van der Waals surface area contributed by atoms with Crippen LogP contribution < -0.4 is 0 Å². The molecule has 0 bridgehead atoms. The SMILES string of the molecule is CCC1CCCCC1C1(O)CCCC1S(C)(=O)=O. The summed E-state index contributed by atoms with van der Waals surface area (Å²) in [6, 6.07) is 0. The van der Waals surface area contributed by atoms with Gasteiger partial charge in [0.2, 0.25) is 0 Å². The molecule has 0 radical (unpaired) electrons. The number of hydrogen-bond acceptors (Lipinski definition) is 3. The van der Waals surface area contributed by atoms with Crippen LogP contribution in [0.4, 0.5) is 0 Å². The molecule has 2 rings (SSSR count). The van der Waals surface area contributed by atoms with Crippen molar-refractivity contribution in [1.29, 1.82) is 0 Å². The first kappa shape index (κ1) is 14.3. The van der Waals surface area contributed by atoms with Gasteiger partial charge in [0.05, 0.1) is 10.9 Å². The molecule has 0 aliphatic heterocycles. The minimum absolute atomic E-state index is 0.193. The number of sulfone groups is 1. The van der Waals surface area contributed by atoms with Gasteiger partial charge in [-0.1, -0.05) is 32.6 Å². The van der Waals surface area contributed by atoms with Gasteiger partial charge in [-0.25, -0.2) is 8.42 Å². The lowest BCUT2D eigenvalue weighted by molar-refractivity contribution is -0.0499. The highest BCUT2D eigenvalue weighted by atomic mass is 32.2. The van der Waals surface area contributed by atoms with E-state index in [9.17, 15) is 13.5 Å². The minimum atomic E-state index is -3.14. The van der Waals surface area contributed by atoms with Gasteiger partial charge in [-0.05, 0) is 37.5 Å². The third-order valence-corrected chi connectivity index (χ3v) is 6.87. The van der Waals surface area contributed by atoms with Crippen LogP contribution in [0.25, 0.3) is 0 Å². The van der Waals surface area contributed by atoms with Gasteiger partial charge in [0.15, 0.2) is 9.84 Å². The molecule has 0 aromatic carbocycles. The van der Waals surface area contributed by atoms with E-state index < -0.39 is 20.7 Å². The summed E-state index contributed by atoms with van der Waals surface area (Å²) >= 11 is 0. The zero-order chi connectivity index (χ0) is 13.4. The van der Waals surface area contributed by atoms with Crippen LogP contribution in [0.1, 0.15) is 58.3 Å².